The third-order valence-electron chi connectivity index (χ3n) is 8.47. The van der Waals surface area contributed by atoms with Gasteiger partial charge in [0, 0.05) is 63.6 Å². The fourth-order valence-electron chi connectivity index (χ4n) is 6.30. The molecule has 2 saturated heterocycles. The van der Waals surface area contributed by atoms with Crippen molar-refractivity contribution in [2.24, 2.45) is 0 Å². The molecule has 2 N–H and O–H groups in total. The van der Waals surface area contributed by atoms with Crippen LogP contribution in [-0.2, 0) is 13.0 Å². The second-order valence-electron chi connectivity index (χ2n) is 11.7. The van der Waals surface area contributed by atoms with Gasteiger partial charge >= 0.3 is 6.01 Å². The van der Waals surface area contributed by atoms with Crippen LogP contribution < -0.4 is 15.0 Å². The van der Waals surface area contributed by atoms with Gasteiger partial charge in [0.25, 0.3) is 5.91 Å². The van der Waals surface area contributed by atoms with Crippen LogP contribution in [0.5, 0.6) is 6.01 Å². The molecule has 0 unspecified atom stereocenters. The van der Waals surface area contributed by atoms with E-state index in [-0.39, 0.29) is 42.3 Å². The van der Waals surface area contributed by atoms with Gasteiger partial charge in [-0.3, -0.25) is 9.69 Å². The SMILES string of the molecule is CC(C)Oc1nc(NC2CCN(c3ccncn3)CC2)cc(C(=O)N2CC[C@@H](N3CCc4ccccc4C3)[C@H](O)C2)n1. The molecule has 5 heterocycles. The molecule has 0 saturated carbocycles. The van der Waals surface area contributed by atoms with Crippen LogP contribution in [-0.4, -0.2) is 97.8 Å². The van der Waals surface area contributed by atoms with Crippen molar-refractivity contribution in [3.63, 3.8) is 0 Å². The van der Waals surface area contributed by atoms with E-state index in [4.69, 9.17) is 4.74 Å². The predicted octanol–water partition coefficient (Wildman–Crippen LogP) is 2.77. The minimum atomic E-state index is -0.626. The average Bonchev–Trinajstić information content (AvgIpc) is 3.01. The highest BCUT2D eigenvalue weighted by Crippen LogP contribution is 2.27. The number of nitrogens with one attached hydrogen (secondary N) is 1. The quantitative estimate of drug-likeness (QED) is 0.437. The zero-order valence-electron chi connectivity index (χ0n) is 24.4. The number of likely N-dealkylation sites (tertiary alicyclic amines) is 1. The molecule has 11 heteroatoms. The molecule has 0 spiro atoms. The zero-order chi connectivity index (χ0) is 29.1. The summed E-state index contributed by atoms with van der Waals surface area (Å²) in [5.74, 6) is 1.29. The van der Waals surface area contributed by atoms with Crippen LogP contribution in [0, 0.1) is 0 Å². The Kier molecular flexibility index (Phi) is 8.48. The number of hydrogen-bond acceptors (Lipinski definition) is 10. The Morgan fingerprint density at radius 3 is 2.60 bits per heavy atom. The Balaban J connectivity index is 1.10. The summed E-state index contributed by atoms with van der Waals surface area (Å²) in [4.78, 5) is 37.4. The number of hydrogen-bond donors (Lipinski definition) is 2. The van der Waals surface area contributed by atoms with Gasteiger partial charge in [0.2, 0.25) is 0 Å². The number of β-amino-alcohol motifs (C(OH)–C–C–N with tert-alkyl or cyclic N) is 1. The van der Waals surface area contributed by atoms with Crippen molar-refractivity contribution in [1.29, 1.82) is 0 Å². The minimum absolute atomic E-state index is 0.0260. The topological polar surface area (TPSA) is 120 Å². The molecule has 0 bridgehead atoms. The Hall–Kier alpha value is -3.83. The van der Waals surface area contributed by atoms with E-state index < -0.39 is 6.10 Å². The van der Waals surface area contributed by atoms with E-state index in [0.29, 0.717) is 18.8 Å². The van der Waals surface area contributed by atoms with E-state index >= 15 is 0 Å². The molecule has 2 atom stereocenters. The number of aromatic nitrogens is 4. The van der Waals surface area contributed by atoms with Crippen LogP contribution in [0.3, 0.4) is 0 Å². The Morgan fingerprint density at radius 1 is 1.05 bits per heavy atom. The van der Waals surface area contributed by atoms with Gasteiger partial charge in [0.1, 0.15) is 23.7 Å². The van der Waals surface area contributed by atoms with Crippen molar-refractivity contribution in [3.05, 3.63) is 65.7 Å². The monoisotopic (exact) mass is 572 g/mol. The number of benzene rings is 1. The number of fused-ring (bicyclic) bond motifs is 1. The molecular weight excluding hydrogens is 532 g/mol. The second-order valence-corrected chi connectivity index (χ2v) is 11.7. The van der Waals surface area contributed by atoms with Crippen LogP contribution in [0.4, 0.5) is 11.6 Å². The zero-order valence-corrected chi connectivity index (χ0v) is 24.4. The van der Waals surface area contributed by atoms with Gasteiger partial charge in [-0.15, -0.1) is 0 Å². The molecule has 3 aliphatic rings. The Morgan fingerprint density at radius 2 is 1.86 bits per heavy atom. The van der Waals surface area contributed by atoms with Gasteiger partial charge < -0.3 is 25.0 Å². The molecule has 2 fully saturated rings. The van der Waals surface area contributed by atoms with Crippen molar-refractivity contribution in [1.82, 2.24) is 29.7 Å². The largest absolute Gasteiger partial charge is 0.461 e. The van der Waals surface area contributed by atoms with Crippen molar-refractivity contribution in [2.75, 3.05) is 42.9 Å². The summed E-state index contributed by atoms with van der Waals surface area (Å²) in [6.45, 7) is 8.13. The Bertz CT molecular complexity index is 1370. The summed E-state index contributed by atoms with van der Waals surface area (Å²) < 4.78 is 5.83. The molecule has 3 aliphatic heterocycles. The lowest BCUT2D eigenvalue weighted by Crippen LogP contribution is -2.56. The lowest BCUT2D eigenvalue weighted by atomic mass is 9.94. The van der Waals surface area contributed by atoms with Crippen LogP contribution >= 0.6 is 0 Å². The number of aliphatic hydroxyl groups is 1. The van der Waals surface area contributed by atoms with E-state index in [9.17, 15) is 9.90 Å². The molecule has 6 rings (SSSR count). The van der Waals surface area contributed by atoms with E-state index in [1.54, 1.807) is 23.5 Å². The van der Waals surface area contributed by atoms with Crippen molar-refractivity contribution < 1.29 is 14.6 Å². The predicted molar refractivity (Wildman–Crippen MR) is 160 cm³/mol. The second kappa shape index (κ2) is 12.6. The van der Waals surface area contributed by atoms with Gasteiger partial charge in [-0.25, -0.2) is 9.97 Å². The van der Waals surface area contributed by atoms with E-state index in [1.807, 2.05) is 19.9 Å². The van der Waals surface area contributed by atoms with Gasteiger partial charge in [-0.05, 0) is 56.7 Å². The van der Waals surface area contributed by atoms with Gasteiger partial charge in [0.15, 0.2) is 0 Å². The first kappa shape index (κ1) is 28.3. The van der Waals surface area contributed by atoms with Crippen molar-refractivity contribution in [3.8, 4) is 6.01 Å². The standard InChI is InChI=1S/C31H40N8O3/c1-21(2)42-31-35-25(17-28(36-31)34-24-9-14-37(15-10-24)29-7-12-32-20-33-29)30(41)39-16-11-26(27(40)19-39)38-13-8-22-5-3-4-6-23(22)18-38/h3-7,12,17,20-21,24,26-27,40H,8-11,13-16,18-19H2,1-2H3,(H,34,35,36)/t26-,27-/m1/s1. The third-order valence-corrected chi connectivity index (χ3v) is 8.47. The maximum atomic E-state index is 13.7. The normalized spacial score (nSPS) is 21.7. The maximum Gasteiger partial charge on any atom is 0.319 e. The highest BCUT2D eigenvalue weighted by atomic mass is 16.5. The maximum absolute atomic E-state index is 13.7. The van der Waals surface area contributed by atoms with Gasteiger partial charge in [-0.1, -0.05) is 24.3 Å². The van der Waals surface area contributed by atoms with Gasteiger partial charge in [0.05, 0.1) is 12.2 Å². The lowest BCUT2D eigenvalue weighted by Gasteiger charge is -2.43. The first-order valence-corrected chi connectivity index (χ1v) is 15.0. The molecule has 3 aromatic rings. The summed E-state index contributed by atoms with van der Waals surface area (Å²) in [7, 11) is 0. The molecular formula is C31H40N8O3. The minimum Gasteiger partial charge on any atom is -0.461 e. The highest BCUT2D eigenvalue weighted by molar-refractivity contribution is 5.93. The first-order chi connectivity index (χ1) is 20.4. The number of ether oxygens (including phenoxy) is 1. The summed E-state index contributed by atoms with van der Waals surface area (Å²) >= 11 is 0. The number of carbonyl (C=O) groups is 1. The van der Waals surface area contributed by atoms with Gasteiger partial charge in [-0.2, -0.15) is 9.97 Å². The molecule has 1 amide bonds. The number of nitrogens with zero attached hydrogens (tertiary/aromatic N) is 7. The van der Waals surface area contributed by atoms with E-state index in [2.05, 4.69) is 59.3 Å². The van der Waals surface area contributed by atoms with Crippen molar-refractivity contribution in [2.45, 2.75) is 70.4 Å². The first-order valence-electron chi connectivity index (χ1n) is 15.0. The van der Waals surface area contributed by atoms with E-state index in [1.165, 1.54) is 11.1 Å². The summed E-state index contributed by atoms with van der Waals surface area (Å²) in [6, 6.07) is 12.6. The molecule has 1 aromatic carbocycles. The smallest absolute Gasteiger partial charge is 0.319 e. The Labute approximate surface area is 247 Å². The summed E-state index contributed by atoms with van der Waals surface area (Å²) in [5.41, 5.74) is 2.99. The molecule has 222 valence electrons. The van der Waals surface area contributed by atoms with E-state index in [0.717, 1.165) is 51.3 Å². The number of rotatable bonds is 7. The molecule has 0 radical (unpaired) electrons. The lowest BCUT2D eigenvalue weighted by molar-refractivity contribution is -0.0139. The van der Waals surface area contributed by atoms with Crippen LogP contribution in [0.1, 0.15) is 54.7 Å². The summed E-state index contributed by atoms with van der Waals surface area (Å²) in [5, 5.41) is 14.7. The van der Waals surface area contributed by atoms with Crippen LogP contribution in [0.25, 0.3) is 0 Å². The highest BCUT2D eigenvalue weighted by Gasteiger charge is 2.36. The molecule has 11 nitrogen and oxygen atoms in total. The number of aliphatic hydroxyl groups excluding tert-OH is 1. The molecule has 2 aromatic heterocycles. The number of anilines is 2. The fraction of sp³-hybridized carbons (Fsp3) is 0.516. The molecule has 0 aliphatic carbocycles. The van der Waals surface area contributed by atoms with Crippen LogP contribution in [0.2, 0.25) is 0 Å². The number of piperidine rings is 2. The average molecular weight is 573 g/mol. The van der Waals surface area contributed by atoms with Crippen molar-refractivity contribution >= 4 is 17.5 Å². The summed E-state index contributed by atoms with van der Waals surface area (Å²) in [6.07, 6.45) is 6.07. The number of amides is 1. The molecule has 42 heavy (non-hydrogen) atoms. The fourth-order valence-corrected chi connectivity index (χ4v) is 6.30. The number of carbonyl (C=O) groups excluding carboxylic acids is 1. The van der Waals surface area contributed by atoms with Crippen LogP contribution in [0.15, 0.2) is 48.9 Å². The third kappa shape index (κ3) is 6.47.